The van der Waals surface area contributed by atoms with E-state index in [1.54, 1.807) is 0 Å². The first-order valence-electron chi connectivity index (χ1n) is 27.9. The molecule has 8 aromatic rings. The Morgan fingerprint density at radius 1 is 0.284 bits per heavy atom. The lowest BCUT2D eigenvalue weighted by Crippen LogP contribution is -2.40. The van der Waals surface area contributed by atoms with Gasteiger partial charge in [-0.1, -0.05) is 229 Å². The highest BCUT2D eigenvalue weighted by Crippen LogP contribution is 2.58. The van der Waals surface area contributed by atoms with Crippen LogP contribution in [0.5, 0.6) is 0 Å². The average molecular weight is 991 g/mol. The average Bonchev–Trinajstić information content (AvgIpc) is 3.45. The molecule has 0 saturated heterocycles. The predicted molar refractivity (Wildman–Crippen MR) is 314 cm³/mol. The largest absolute Gasteiger partial charge is 0.402 e. The standard InChI is InChI=1S/C71H81F3/c1-14-66(9,15-2)62-54-44-42-52(46-56(54)64(68(11,18-5)19-6)60(50-38-30-24-31-39-50)58(62)48-34-26-22-27-35-48)70(13,71(72,73)74)53-43-45-55-57(47-53)65(69(12,20-7)21-8)61(51-40-32-25-33-41-51)59(49-36-28-23-29-37-49)63(55)67(10,16-3)17-4/h22-47H,14-21H2,1-13H3. The van der Waals surface area contributed by atoms with Crippen LogP contribution in [0.1, 0.15) is 175 Å². The van der Waals surface area contributed by atoms with Gasteiger partial charge in [-0.3, -0.25) is 0 Å². The van der Waals surface area contributed by atoms with Crippen molar-refractivity contribution in [2.45, 2.75) is 175 Å². The van der Waals surface area contributed by atoms with Crippen molar-refractivity contribution in [3.05, 3.63) is 191 Å². The minimum atomic E-state index is -4.67. The summed E-state index contributed by atoms with van der Waals surface area (Å²) in [5, 5.41) is 3.91. The molecule has 8 aromatic carbocycles. The second kappa shape index (κ2) is 21.0. The van der Waals surface area contributed by atoms with Gasteiger partial charge in [0.2, 0.25) is 0 Å². The lowest BCUT2D eigenvalue weighted by molar-refractivity contribution is -0.173. The second-order valence-corrected chi connectivity index (χ2v) is 22.7. The number of rotatable bonds is 18. The summed E-state index contributed by atoms with van der Waals surface area (Å²) < 4.78 is 51.7. The van der Waals surface area contributed by atoms with Crippen LogP contribution in [0.2, 0.25) is 0 Å². The number of hydrogen-bond donors (Lipinski definition) is 0. The van der Waals surface area contributed by atoms with Crippen LogP contribution in [-0.4, -0.2) is 6.18 Å². The summed E-state index contributed by atoms with van der Waals surface area (Å²) >= 11 is 0. The molecule has 0 aliphatic heterocycles. The topological polar surface area (TPSA) is 0 Å². The number of alkyl halides is 3. The van der Waals surface area contributed by atoms with Gasteiger partial charge in [0.1, 0.15) is 5.41 Å². The minimum absolute atomic E-state index is 0.256. The van der Waals surface area contributed by atoms with Crippen molar-refractivity contribution in [3.63, 3.8) is 0 Å². The Hall–Kier alpha value is -5.93. The van der Waals surface area contributed by atoms with E-state index < -0.39 is 11.6 Å². The highest BCUT2D eigenvalue weighted by molar-refractivity contribution is 6.07. The van der Waals surface area contributed by atoms with Gasteiger partial charge in [0.25, 0.3) is 0 Å². The van der Waals surface area contributed by atoms with Gasteiger partial charge in [-0.25, -0.2) is 0 Å². The summed E-state index contributed by atoms with van der Waals surface area (Å²) in [6, 6.07) is 54.5. The van der Waals surface area contributed by atoms with E-state index in [0.717, 1.165) is 117 Å². The monoisotopic (exact) mass is 991 g/mol. The molecule has 0 unspecified atom stereocenters. The van der Waals surface area contributed by atoms with E-state index in [1.165, 1.54) is 29.2 Å². The molecule has 0 N–H and O–H groups in total. The first kappa shape index (κ1) is 54.3. The van der Waals surface area contributed by atoms with Gasteiger partial charge < -0.3 is 0 Å². The maximum atomic E-state index is 17.2. The van der Waals surface area contributed by atoms with Gasteiger partial charge in [-0.05, 0) is 192 Å². The predicted octanol–water partition coefficient (Wildman–Crippen LogP) is 21.8. The zero-order valence-corrected chi connectivity index (χ0v) is 46.8. The van der Waals surface area contributed by atoms with Gasteiger partial charge >= 0.3 is 6.18 Å². The normalized spacial score (nSPS) is 13.0. The van der Waals surface area contributed by atoms with Gasteiger partial charge in [0, 0.05) is 0 Å². The molecule has 0 spiro atoms. The molecule has 0 heterocycles. The summed E-state index contributed by atoms with van der Waals surface area (Å²) in [6.07, 6.45) is 2.08. The Kier molecular flexibility index (Phi) is 15.4. The van der Waals surface area contributed by atoms with Gasteiger partial charge in [-0.15, -0.1) is 0 Å². The summed E-state index contributed by atoms with van der Waals surface area (Å²) in [7, 11) is 0. The molecule has 0 amide bonds. The lowest BCUT2D eigenvalue weighted by Gasteiger charge is -2.40. The van der Waals surface area contributed by atoms with Crippen molar-refractivity contribution in [1.29, 1.82) is 0 Å². The number of fused-ring (bicyclic) bond motifs is 2. The van der Waals surface area contributed by atoms with Crippen molar-refractivity contribution in [2.75, 3.05) is 0 Å². The minimum Gasteiger partial charge on any atom is -0.170 e. The molecule has 0 atom stereocenters. The third-order valence-corrected chi connectivity index (χ3v) is 19.2. The quantitative estimate of drug-likeness (QED) is 0.0804. The maximum Gasteiger partial charge on any atom is 0.402 e. The summed E-state index contributed by atoms with van der Waals surface area (Å²) in [6.45, 7) is 28.8. The van der Waals surface area contributed by atoms with Crippen molar-refractivity contribution in [3.8, 4) is 44.5 Å². The van der Waals surface area contributed by atoms with Gasteiger partial charge in [0.05, 0.1) is 0 Å². The molecule has 0 radical (unpaired) electrons. The summed E-state index contributed by atoms with van der Waals surface area (Å²) in [5.41, 5.74) is 10.5. The van der Waals surface area contributed by atoms with E-state index in [1.807, 2.05) is 24.3 Å². The Morgan fingerprint density at radius 3 is 0.703 bits per heavy atom. The fraction of sp³-hybridized carbons (Fsp3) is 0.380. The second-order valence-electron chi connectivity index (χ2n) is 22.7. The molecule has 0 nitrogen and oxygen atoms in total. The molecule has 8 rings (SSSR count). The molecule has 0 aromatic heterocycles. The van der Waals surface area contributed by atoms with Crippen LogP contribution in [0, 0.1) is 0 Å². The van der Waals surface area contributed by atoms with Gasteiger partial charge in [0.15, 0.2) is 0 Å². The van der Waals surface area contributed by atoms with E-state index in [0.29, 0.717) is 0 Å². The summed E-state index contributed by atoms with van der Waals surface area (Å²) in [4.78, 5) is 0. The Morgan fingerprint density at radius 2 is 0.500 bits per heavy atom. The van der Waals surface area contributed by atoms with Crippen LogP contribution < -0.4 is 0 Å². The zero-order chi connectivity index (χ0) is 53.4. The van der Waals surface area contributed by atoms with Crippen LogP contribution >= 0.6 is 0 Å². The number of hydrogen-bond acceptors (Lipinski definition) is 0. The molecule has 74 heavy (non-hydrogen) atoms. The van der Waals surface area contributed by atoms with E-state index >= 15 is 13.2 Å². The van der Waals surface area contributed by atoms with Crippen LogP contribution in [0.25, 0.3) is 66.1 Å². The van der Waals surface area contributed by atoms with Gasteiger partial charge in [-0.2, -0.15) is 13.2 Å². The molecule has 0 bridgehead atoms. The Bertz CT molecular complexity index is 3010. The first-order valence-corrected chi connectivity index (χ1v) is 27.9. The van der Waals surface area contributed by atoms with Crippen LogP contribution in [0.3, 0.4) is 0 Å². The van der Waals surface area contributed by atoms with E-state index in [9.17, 15) is 0 Å². The molecule has 386 valence electrons. The number of halogens is 3. The van der Waals surface area contributed by atoms with Crippen LogP contribution in [0.4, 0.5) is 13.2 Å². The van der Waals surface area contributed by atoms with Crippen molar-refractivity contribution in [1.82, 2.24) is 0 Å². The van der Waals surface area contributed by atoms with Crippen LogP contribution in [0.15, 0.2) is 158 Å². The smallest absolute Gasteiger partial charge is 0.170 e. The lowest BCUT2D eigenvalue weighted by atomic mass is 9.64. The third kappa shape index (κ3) is 8.92. The third-order valence-electron chi connectivity index (χ3n) is 19.2. The van der Waals surface area contributed by atoms with Crippen molar-refractivity contribution < 1.29 is 13.2 Å². The fourth-order valence-electron chi connectivity index (χ4n) is 12.6. The molecule has 0 aliphatic carbocycles. The highest BCUT2D eigenvalue weighted by atomic mass is 19.4. The van der Waals surface area contributed by atoms with Crippen LogP contribution in [-0.2, 0) is 27.1 Å². The van der Waals surface area contributed by atoms with Crippen molar-refractivity contribution in [2.24, 2.45) is 0 Å². The molecule has 0 saturated carbocycles. The Balaban J connectivity index is 1.60. The molecular formula is C71H81F3. The highest BCUT2D eigenvalue weighted by Gasteiger charge is 2.54. The zero-order valence-electron chi connectivity index (χ0n) is 46.8. The molecular weight excluding hydrogens is 910 g/mol. The van der Waals surface area contributed by atoms with E-state index in [-0.39, 0.29) is 32.8 Å². The van der Waals surface area contributed by atoms with E-state index in [2.05, 4.69) is 217 Å². The van der Waals surface area contributed by atoms with E-state index in [4.69, 9.17) is 0 Å². The maximum absolute atomic E-state index is 17.2. The van der Waals surface area contributed by atoms with Crippen molar-refractivity contribution >= 4 is 21.5 Å². The molecule has 0 aliphatic rings. The Labute approximate surface area is 442 Å². The molecule has 0 fully saturated rings. The summed E-state index contributed by atoms with van der Waals surface area (Å²) in [5.74, 6) is 0. The number of benzene rings is 8. The molecule has 3 heteroatoms. The fourth-order valence-corrected chi connectivity index (χ4v) is 12.6. The SMILES string of the molecule is CCC(C)(CC)c1c(-c2ccccc2)c(-c2ccccc2)c(C(C)(CC)CC)c2cc(C(C)(c3ccc4c(C(C)(CC)CC)c(-c5ccccc5)c(-c5ccccc5)c(C(C)(CC)CC)c4c3)C(F)(F)F)ccc12. The first-order chi connectivity index (χ1) is 35.3.